The number of fused-ring (bicyclic) bond motifs is 1. The van der Waals surface area contributed by atoms with Crippen LogP contribution >= 0.6 is 0 Å². The number of aryl methyl sites for hydroxylation is 1. The van der Waals surface area contributed by atoms with Gasteiger partial charge in [0.15, 0.2) is 0 Å². The first kappa shape index (κ1) is 9.06. The maximum atomic E-state index is 11.4. The molecule has 3 heteroatoms. The molecule has 1 heterocycles. The molecule has 0 saturated carbocycles. The second-order valence-electron chi connectivity index (χ2n) is 3.51. The molecule has 0 aromatic heterocycles. The van der Waals surface area contributed by atoms with Gasteiger partial charge in [0.25, 0.3) is 0 Å². The summed E-state index contributed by atoms with van der Waals surface area (Å²) in [5.74, 6) is 0.0690. The fourth-order valence-corrected chi connectivity index (χ4v) is 1.81. The quantitative estimate of drug-likeness (QED) is 0.697. The van der Waals surface area contributed by atoms with Crippen molar-refractivity contribution in [2.75, 3.05) is 12.4 Å². The molecule has 0 saturated heterocycles. The average Bonchev–Trinajstić information content (AvgIpc) is 2.27. The standard InChI is InChI=1S/C11H14N2O/c1-12-11(14)10-7-6-8-4-2-3-5-9(8)13-10/h2-5,10,13H,6-7H2,1H3,(H,12,14). The van der Waals surface area contributed by atoms with Gasteiger partial charge in [-0.1, -0.05) is 18.2 Å². The molecule has 1 aromatic carbocycles. The lowest BCUT2D eigenvalue weighted by molar-refractivity contribution is -0.121. The summed E-state index contributed by atoms with van der Waals surface area (Å²) in [4.78, 5) is 11.4. The van der Waals surface area contributed by atoms with Crippen molar-refractivity contribution in [2.24, 2.45) is 0 Å². The highest BCUT2D eigenvalue weighted by atomic mass is 16.2. The van der Waals surface area contributed by atoms with Crippen molar-refractivity contribution in [3.8, 4) is 0 Å². The summed E-state index contributed by atoms with van der Waals surface area (Å²) in [6.45, 7) is 0. The molecular weight excluding hydrogens is 176 g/mol. The zero-order valence-corrected chi connectivity index (χ0v) is 8.21. The number of carbonyl (C=O) groups is 1. The van der Waals surface area contributed by atoms with Crippen molar-refractivity contribution < 1.29 is 4.79 Å². The SMILES string of the molecule is CNC(=O)C1CCc2ccccc2N1. The van der Waals surface area contributed by atoms with Crippen LogP contribution in [0.5, 0.6) is 0 Å². The first-order valence-electron chi connectivity index (χ1n) is 4.87. The van der Waals surface area contributed by atoms with Crippen LogP contribution in [0.4, 0.5) is 5.69 Å². The van der Waals surface area contributed by atoms with Crippen molar-refractivity contribution >= 4 is 11.6 Å². The van der Waals surface area contributed by atoms with Crippen LogP contribution in [0.1, 0.15) is 12.0 Å². The summed E-state index contributed by atoms with van der Waals surface area (Å²) in [5.41, 5.74) is 2.39. The van der Waals surface area contributed by atoms with Crippen molar-refractivity contribution in [2.45, 2.75) is 18.9 Å². The van der Waals surface area contributed by atoms with Crippen LogP contribution in [0.25, 0.3) is 0 Å². The molecule has 1 aromatic rings. The van der Waals surface area contributed by atoms with Crippen molar-refractivity contribution in [3.63, 3.8) is 0 Å². The Morgan fingerprint density at radius 1 is 1.50 bits per heavy atom. The average molecular weight is 190 g/mol. The Hall–Kier alpha value is -1.51. The molecule has 1 amide bonds. The van der Waals surface area contributed by atoms with E-state index in [1.165, 1.54) is 5.56 Å². The van der Waals surface area contributed by atoms with E-state index >= 15 is 0 Å². The maximum Gasteiger partial charge on any atom is 0.242 e. The van der Waals surface area contributed by atoms with Gasteiger partial charge in [0.05, 0.1) is 0 Å². The summed E-state index contributed by atoms with van der Waals surface area (Å²) in [6.07, 6.45) is 1.85. The normalized spacial score (nSPS) is 19.4. The summed E-state index contributed by atoms with van der Waals surface area (Å²) in [6, 6.07) is 8.06. The fraction of sp³-hybridized carbons (Fsp3) is 0.364. The third-order valence-corrected chi connectivity index (χ3v) is 2.61. The van der Waals surface area contributed by atoms with Gasteiger partial charge in [-0.05, 0) is 24.5 Å². The van der Waals surface area contributed by atoms with E-state index in [4.69, 9.17) is 0 Å². The number of carbonyl (C=O) groups excluding carboxylic acids is 1. The largest absolute Gasteiger partial charge is 0.373 e. The number of nitrogens with one attached hydrogen (secondary N) is 2. The van der Waals surface area contributed by atoms with E-state index in [2.05, 4.69) is 16.7 Å². The first-order chi connectivity index (χ1) is 6.81. The smallest absolute Gasteiger partial charge is 0.242 e. The number of rotatable bonds is 1. The van der Waals surface area contributed by atoms with Crippen molar-refractivity contribution in [3.05, 3.63) is 29.8 Å². The Morgan fingerprint density at radius 2 is 2.29 bits per heavy atom. The van der Waals surface area contributed by atoms with Crippen LogP contribution in [0.3, 0.4) is 0 Å². The molecule has 2 N–H and O–H groups in total. The van der Waals surface area contributed by atoms with E-state index in [1.54, 1.807) is 7.05 Å². The van der Waals surface area contributed by atoms with Gasteiger partial charge in [0.1, 0.15) is 6.04 Å². The molecule has 2 rings (SSSR count). The number of amides is 1. The Bertz CT molecular complexity index is 349. The minimum atomic E-state index is -0.0742. The van der Waals surface area contributed by atoms with Crippen molar-refractivity contribution in [1.82, 2.24) is 5.32 Å². The summed E-state index contributed by atoms with van der Waals surface area (Å²) < 4.78 is 0. The molecule has 3 nitrogen and oxygen atoms in total. The lowest BCUT2D eigenvalue weighted by Gasteiger charge is -2.25. The molecule has 0 spiro atoms. The monoisotopic (exact) mass is 190 g/mol. The molecule has 14 heavy (non-hydrogen) atoms. The van der Waals surface area contributed by atoms with E-state index in [1.807, 2.05) is 18.2 Å². The van der Waals surface area contributed by atoms with Crippen molar-refractivity contribution in [1.29, 1.82) is 0 Å². The maximum absolute atomic E-state index is 11.4. The second-order valence-corrected chi connectivity index (χ2v) is 3.51. The van der Waals surface area contributed by atoms with Crippen LogP contribution in [0.15, 0.2) is 24.3 Å². The molecule has 1 aliphatic rings. The number of hydrogen-bond donors (Lipinski definition) is 2. The van der Waals surface area contributed by atoms with E-state index in [0.29, 0.717) is 0 Å². The van der Waals surface area contributed by atoms with E-state index < -0.39 is 0 Å². The highest BCUT2D eigenvalue weighted by Gasteiger charge is 2.22. The van der Waals surface area contributed by atoms with Gasteiger partial charge >= 0.3 is 0 Å². The summed E-state index contributed by atoms with van der Waals surface area (Å²) in [7, 11) is 1.67. The van der Waals surface area contributed by atoms with Crippen LogP contribution in [-0.4, -0.2) is 19.0 Å². The summed E-state index contributed by atoms with van der Waals surface area (Å²) >= 11 is 0. The van der Waals surface area contributed by atoms with Crippen LogP contribution in [0, 0.1) is 0 Å². The Morgan fingerprint density at radius 3 is 3.07 bits per heavy atom. The Kier molecular flexibility index (Phi) is 2.39. The van der Waals surface area contributed by atoms with Gasteiger partial charge in [-0.3, -0.25) is 4.79 Å². The van der Waals surface area contributed by atoms with Gasteiger partial charge < -0.3 is 10.6 Å². The Labute approximate surface area is 83.5 Å². The molecule has 1 unspecified atom stereocenters. The van der Waals surface area contributed by atoms with Crippen LogP contribution in [-0.2, 0) is 11.2 Å². The van der Waals surface area contributed by atoms with Gasteiger partial charge in [-0.15, -0.1) is 0 Å². The topological polar surface area (TPSA) is 41.1 Å². The number of anilines is 1. The number of hydrogen-bond acceptors (Lipinski definition) is 2. The zero-order valence-electron chi connectivity index (χ0n) is 8.21. The van der Waals surface area contributed by atoms with E-state index in [-0.39, 0.29) is 11.9 Å². The van der Waals surface area contributed by atoms with Gasteiger partial charge in [0, 0.05) is 12.7 Å². The predicted octanol–water partition coefficient (Wildman–Crippen LogP) is 1.16. The fourth-order valence-electron chi connectivity index (χ4n) is 1.81. The van der Waals surface area contributed by atoms with Gasteiger partial charge in [-0.25, -0.2) is 0 Å². The molecule has 0 radical (unpaired) electrons. The second kappa shape index (κ2) is 3.70. The minimum Gasteiger partial charge on any atom is -0.373 e. The Balaban J connectivity index is 2.17. The molecule has 1 atom stereocenters. The molecular formula is C11H14N2O. The third kappa shape index (κ3) is 1.58. The predicted molar refractivity (Wildman–Crippen MR) is 56.2 cm³/mol. The first-order valence-corrected chi connectivity index (χ1v) is 4.87. The lowest BCUT2D eigenvalue weighted by atomic mass is 9.98. The lowest BCUT2D eigenvalue weighted by Crippen LogP contribution is -2.40. The molecule has 0 fully saturated rings. The summed E-state index contributed by atoms with van der Waals surface area (Å²) in [5, 5.41) is 5.90. The number of likely N-dealkylation sites (N-methyl/N-ethyl adjacent to an activating group) is 1. The highest BCUT2D eigenvalue weighted by molar-refractivity contribution is 5.85. The van der Waals surface area contributed by atoms with E-state index in [9.17, 15) is 4.79 Å². The van der Waals surface area contributed by atoms with E-state index in [0.717, 1.165) is 18.5 Å². The van der Waals surface area contributed by atoms with Crippen LogP contribution in [0.2, 0.25) is 0 Å². The molecule has 74 valence electrons. The zero-order chi connectivity index (χ0) is 9.97. The highest BCUT2D eigenvalue weighted by Crippen LogP contribution is 2.23. The van der Waals surface area contributed by atoms with Crippen LogP contribution < -0.4 is 10.6 Å². The molecule has 1 aliphatic heterocycles. The number of benzene rings is 1. The number of para-hydroxylation sites is 1. The molecule has 0 bridgehead atoms. The van der Waals surface area contributed by atoms with Gasteiger partial charge in [0.2, 0.25) is 5.91 Å². The molecule has 0 aliphatic carbocycles. The van der Waals surface area contributed by atoms with Gasteiger partial charge in [-0.2, -0.15) is 0 Å². The third-order valence-electron chi connectivity index (χ3n) is 2.61. The minimum absolute atomic E-state index is 0.0690.